The Kier molecular flexibility index (Phi) is 5.67. The molecule has 7 heteroatoms. The number of aryl methyl sites for hydroxylation is 1. The first-order valence-electron chi connectivity index (χ1n) is 9.19. The lowest BCUT2D eigenvalue weighted by molar-refractivity contribution is -0.116. The zero-order chi connectivity index (χ0) is 20.1. The lowest BCUT2D eigenvalue weighted by atomic mass is 10.2. The third kappa shape index (κ3) is 5.08. The Morgan fingerprint density at radius 3 is 2.93 bits per heavy atom. The normalized spacial score (nSPS) is 11.2. The Hall–Kier alpha value is -3.45. The minimum atomic E-state index is -0.185. The zero-order valence-corrected chi connectivity index (χ0v) is 16.7. The van der Waals surface area contributed by atoms with E-state index in [1.807, 2.05) is 60.8 Å². The number of carbonyl (C=O) groups is 1. The molecule has 0 radical (unpaired) electrons. The molecule has 2 heterocycles. The number of benzene rings is 2. The van der Waals surface area contributed by atoms with Crippen LogP contribution < -0.4 is 10.1 Å². The molecule has 0 saturated carbocycles. The highest BCUT2D eigenvalue weighted by Gasteiger charge is 2.04. The maximum Gasteiger partial charge on any atom is 0.244 e. The van der Waals surface area contributed by atoms with Crippen LogP contribution in [0.2, 0.25) is 0 Å². The first kappa shape index (κ1) is 18.9. The van der Waals surface area contributed by atoms with Gasteiger partial charge < -0.3 is 15.0 Å². The van der Waals surface area contributed by atoms with E-state index >= 15 is 0 Å². The Labute approximate surface area is 172 Å². The molecule has 2 N–H and O–H groups in total. The maximum atomic E-state index is 12.1. The van der Waals surface area contributed by atoms with Crippen molar-refractivity contribution in [3.63, 3.8) is 0 Å². The van der Waals surface area contributed by atoms with E-state index < -0.39 is 0 Å². The summed E-state index contributed by atoms with van der Waals surface area (Å²) < 4.78 is 5.78. The lowest BCUT2D eigenvalue weighted by Gasteiger charge is -2.05. The fraction of sp³-hybridized carbons (Fsp3) is 0.136. The molecule has 0 unspecified atom stereocenters. The first-order valence-corrected chi connectivity index (χ1v) is 10.1. The topological polar surface area (TPSA) is 79.9 Å². The highest BCUT2D eigenvalue weighted by molar-refractivity contribution is 7.09. The zero-order valence-electron chi connectivity index (χ0n) is 15.9. The summed E-state index contributed by atoms with van der Waals surface area (Å²) in [5, 5.41) is 5.85. The van der Waals surface area contributed by atoms with Gasteiger partial charge in [-0.05, 0) is 42.8 Å². The summed E-state index contributed by atoms with van der Waals surface area (Å²) >= 11 is 1.60. The van der Waals surface area contributed by atoms with E-state index in [2.05, 4.69) is 20.3 Å². The number of amides is 1. The largest absolute Gasteiger partial charge is 0.487 e. The average Bonchev–Trinajstić information content (AvgIpc) is 3.35. The fourth-order valence-corrected chi connectivity index (χ4v) is 3.43. The van der Waals surface area contributed by atoms with E-state index in [1.165, 1.54) is 6.08 Å². The van der Waals surface area contributed by atoms with Gasteiger partial charge in [0.1, 0.15) is 18.2 Å². The number of ether oxygens (including phenoxy) is 1. The van der Waals surface area contributed by atoms with Gasteiger partial charge in [-0.1, -0.05) is 24.3 Å². The number of aromatic amines is 1. The minimum Gasteiger partial charge on any atom is -0.487 e. The molecule has 0 atom stereocenters. The van der Waals surface area contributed by atoms with E-state index in [9.17, 15) is 4.79 Å². The third-order valence-corrected chi connectivity index (χ3v) is 5.03. The number of imidazole rings is 1. The molecule has 146 valence electrons. The van der Waals surface area contributed by atoms with Gasteiger partial charge in [0.15, 0.2) is 0 Å². The predicted molar refractivity (Wildman–Crippen MR) is 115 cm³/mol. The van der Waals surface area contributed by atoms with E-state index in [4.69, 9.17) is 4.74 Å². The van der Waals surface area contributed by atoms with Crippen molar-refractivity contribution >= 4 is 34.4 Å². The van der Waals surface area contributed by atoms with Crippen molar-refractivity contribution in [1.82, 2.24) is 20.3 Å². The molecular formula is C22H20N4O2S. The van der Waals surface area contributed by atoms with Crippen LogP contribution in [0.4, 0.5) is 0 Å². The van der Waals surface area contributed by atoms with Crippen molar-refractivity contribution in [2.75, 3.05) is 0 Å². The third-order valence-electron chi connectivity index (χ3n) is 4.21. The van der Waals surface area contributed by atoms with Gasteiger partial charge in [0, 0.05) is 11.5 Å². The number of para-hydroxylation sites is 2. The summed E-state index contributed by atoms with van der Waals surface area (Å²) in [5.41, 5.74) is 3.64. The van der Waals surface area contributed by atoms with Gasteiger partial charge in [0.2, 0.25) is 5.91 Å². The van der Waals surface area contributed by atoms with Crippen LogP contribution in [0.1, 0.15) is 22.1 Å². The number of aromatic nitrogens is 3. The second kappa shape index (κ2) is 8.70. The molecule has 29 heavy (non-hydrogen) atoms. The number of thiazole rings is 1. The molecule has 0 bridgehead atoms. The minimum absolute atomic E-state index is 0.185. The predicted octanol–water partition coefficient (Wildman–Crippen LogP) is 4.24. The summed E-state index contributed by atoms with van der Waals surface area (Å²) in [5.74, 6) is 1.27. The molecule has 0 spiro atoms. The van der Waals surface area contributed by atoms with E-state index in [1.54, 1.807) is 17.4 Å². The van der Waals surface area contributed by atoms with Crippen LogP contribution in [0.5, 0.6) is 5.75 Å². The van der Waals surface area contributed by atoms with Gasteiger partial charge in [-0.15, -0.1) is 11.3 Å². The molecule has 0 fully saturated rings. The SMILES string of the molecule is Cc1nc(COc2cccc(/C=C/C(=O)NCc3nc4ccccc4[nH]3)c2)cs1. The molecular weight excluding hydrogens is 384 g/mol. The molecule has 0 aliphatic rings. The second-order valence-electron chi connectivity index (χ2n) is 6.47. The Bertz CT molecular complexity index is 1130. The monoisotopic (exact) mass is 404 g/mol. The number of carbonyl (C=O) groups excluding carboxylic acids is 1. The standard InChI is InChI=1S/C22H20N4O2S/c1-15-24-17(14-29-15)13-28-18-6-4-5-16(11-18)9-10-22(27)23-12-21-25-19-7-2-3-8-20(19)26-21/h2-11,14H,12-13H2,1H3,(H,23,27)(H,25,26)/b10-9+. The lowest BCUT2D eigenvalue weighted by Crippen LogP contribution is -2.20. The number of hydrogen-bond acceptors (Lipinski definition) is 5. The van der Waals surface area contributed by atoms with E-state index in [0.717, 1.165) is 38.9 Å². The highest BCUT2D eigenvalue weighted by Crippen LogP contribution is 2.17. The number of nitrogens with zero attached hydrogens (tertiary/aromatic N) is 2. The number of hydrogen-bond donors (Lipinski definition) is 2. The first-order chi connectivity index (χ1) is 14.2. The van der Waals surface area contributed by atoms with Crippen molar-refractivity contribution in [1.29, 1.82) is 0 Å². The molecule has 0 saturated heterocycles. The summed E-state index contributed by atoms with van der Waals surface area (Å²) in [6.07, 6.45) is 3.26. The van der Waals surface area contributed by atoms with Crippen molar-refractivity contribution in [2.24, 2.45) is 0 Å². The van der Waals surface area contributed by atoms with Crippen molar-refractivity contribution in [2.45, 2.75) is 20.1 Å². The Morgan fingerprint density at radius 2 is 2.10 bits per heavy atom. The quantitative estimate of drug-likeness (QED) is 0.452. The number of rotatable bonds is 7. The van der Waals surface area contributed by atoms with Gasteiger partial charge in [-0.25, -0.2) is 9.97 Å². The maximum absolute atomic E-state index is 12.1. The molecule has 0 aliphatic heterocycles. The molecule has 1 amide bonds. The summed E-state index contributed by atoms with van der Waals surface area (Å²) in [6, 6.07) is 15.4. The Morgan fingerprint density at radius 1 is 1.21 bits per heavy atom. The van der Waals surface area contributed by atoms with Gasteiger partial charge >= 0.3 is 0 Å². The molecule has 4 aromatic rings. The summed E-state index contributed by atoms with van der Waals surface area (Å²) in [4.78, 5) is 24.1. The summed E-state index contributed by atoms with van der Waals surface area (Å²) in [6.45, 7) is 2.74. The molecule has 2 aromatic carbocycles. The molecule has 6 nitrogen and oxygen atoms in total. The van der Waals surface area contributed by atoms with Crippen LogP contribution in [0, 0.1) is 6.92 Å². The fourth-order valence-electron chi connectivity index (χ4n) is 2.83. The van der Waals surface area contributed by atoms with Crippen LogP contribution in [-0.4, -0.2) is 20.9 Å². The van der Waals surface area contributed by atoms with E-state index in [-0.39, 0.29) is 5.91 Å². The van der Waals surface area contributed by atoms with E-state index in [0.29, 0.717) is 13.2 Å². The van der Waals surface area contributed by atoms with Gasteiger partial charge in [0.25, 0.3) is 0 Å². The summed E-state index contributed by atoms with van der Waals surface area (Å²) in [7, 11) is 0. The number of H-pyrrole nitrogens is 1. The molecule has 0 aliphatic carbocycles. The molecule has 4 rings (SSSR count). The molecule has 2 aromatic heterocycles. The van der Waals surface area contributed by atoms with Crippen LogP contribution in [0.3, 0.4) is 0 Å². The van der Waals surface area contributed by atoms with Crippen LogP contribution >= 0.6 is 11.3 Å². The number of fused-ring (bicyclic) bond motifs is 1. The highest BCUT2D eigenvalue weighted by atomic mass is 32.1. The van der Waals surface area contributed by atoms with Crippen molar-refractivity contribution in [3.8, 4) is 5.75 Å². The van der Waals surface area contributed by atoms with Gasteiger partial charge in [-0.2, -0.15) is 0 Å². The van der Waals surface area contributed by atoms with Crippen molar-refractivity contribution < 1.29 is 9.53 Å². The van der Waals surface area contributed by atoms with Crippen LogP contribution in [-0.2, 0) is 17.9 Å². The smallest absolute Gasteiger partial charge is 0.244 e. The second-order valence-corrected chi connectivity index (χ2v) is 7.53. The van der Waals surface area contributed by atoms with Gasteiger partial charge in [0.05, 0.1) is 28.3 Å². The average molecular weight is 404 g/mol. The Balaban J connectivity index is 1.31. The van der Waals surface area contributed by atoms with Crippen LogP contribution in [0.25, 0.3) is 17.1 Å². The van der Waals surface area contributed by atoms with Gasteiger partial charge in [-0.3, -0.25) is 4.79 Å². The van der Waals surface area contributed by atoms with Crippen molar-refractivity contribution in [3.05, 3.63) is 82.1 Å². The number of nitrogens with one attached hydrogen (secondary N) is 2. The van der Waals surface area contributed by atoms with Crippen LogP contribution in [0.15, 0.2) is 60.0 Å².